The maximum absolute atomic E-state index is 4.33. The molecule has 2 aromatic heterocycles. The molecule has 17 heavy (non-hydrogen) atoms. The average molecular weight is 357 g/mol. The van der Waals surface area contributed by atoms with Crippen LogP contribution in [0.1, 0.15) is 11.4 Å². The number of rotatable bonds is 3. The third-order valence-corrected chi connectivity index (χ3v) is 3.21. The van der Waals surface area contributed by atoms with E-state index in [-0.39, 0.29) is 0 Å². The van der Waals surface area contributed by atoms with Crippen LogP contribution in [0, 0.1) is 6.92 Å². The summed E-state index contributed by atoms with van der Waals surface area (Å²) in [5.74, 6) is 0. The standard InChI is InChI=1S/C12H11Br2N3/c1-8-11(4-5-12(14)17-8)16-7-10-3-2-9(13)6-15-10/h2-6,16H,7H2,1H3. The number of hydrogen-bond acceptors (Lipinski definition) is 3. The van der Waals surface area contributed by atoms with Crippen LogP contribution < -0.4 is 5.32 Å². The molecule has 2 aromatic rings. The van der Waals surface area contributed by atoms with Gasteiger partial charge in [0.1, 0.15) is 4.60 Å². The molecule has 0 unspecified atom stereocenters. The Kier molecular flexibility index (Phi) is 4.12. The predicted molar refractivity (Wildman–Crippen MR) is 75.9 cm³/mol. The number of aryl methyl sites for hydroxylation is 1. The highest BCUT2D eigenvalue weighted by Crippen LogP contribution is 2.17. The van der Waals surface area contributed by atoms with E-state index in [9.17, 15) is 0 Å². The highest BCUT2D eigenvalue weighted by Gasteiger charge is 2.00. The third kappa shape index (κ3) is 3.51. The number of hydrogen-bond donors (Lipinski definition) is 1. The van der Waals surface area contributed by atoms with Gasteiger partial charge < -0.3 is 5.32 Å². The van der Waals surface area contributed by atoms with E-state index in [1.165, 1.54) is 0 Å². The van der Waals surface area contributed by atoms with Crippen molar-refractivity contribution in [2.75, 3.05) is 5.32 Å². The lowest BCUT2D eigenvalue weighted by Crippen LogP contribution is -2.03. The first-order chi connectivity index (χ1) is 8.15. The van der Waals surface area contributed by atoms with E-state index in [0.29, 0.717) is 6.54 Å². The van der Waals surface area contributed by atoms with Crippen LogP contribution in [0.5, 0.6) is 0 Å². The fourth-order valence-corrected chi connectivity index (χ4v) is 2.05. The summed E-state index contributed by atoms with van der Waals surface area (Å²) in [6.45, 7) is 2.67. The summed E-state index contributed by atoms with van der Waals surface area (Å²) < 4.78 is 1.84. The Morgan fingerprint density at radius 3 is 2.65 bits per heavy atom. The van der Waals surface area contributed by atoms with Crippen LogP contribution in [0.3, 0.4) is 0 Å². The highest BCUT2D eigenvalue weighted by atomic mass is 79.9. The van der Waals surface area contributed by atoms with Gasteiger partial charge in [0.25, 0.3) is 0 Å². The van der Waals surface area contributed by atoms with Crippen LogP contribution in [0.15, 0.2) is 39.5 Å². The Bertz CT molecular complexity index is 512. The number of aromatic nitrogens is 2. The molecule has 0 aliphatic heterocycles. The van der Waals surface area contributed by atoms with Crippen molar-refractivity contribution in [3.8, 4) is 0 Å². The predicted octanol–water partition coefficient (Wildman–Crippen LogP) is 3.92. The Morgan fingerprint density at radius 1 is 1.18 bits per heavy atom. The van der Waals surface area contributed by atoms with E-state index in [4.69, 9.17) is 0 Å². The number of halogens is 2. The molecule has 1 N–H and O–H groups in total. The minimum absolute atomic E-state index is 0.692. The molecule has 0 aromatic carbocycles. The van der Waals surface area contributed by atoms with Crippen molar-refractivity contribution in [1.82, 2.24) is 9.97 Å². The van der Waals surface area contributed by atoms with Gasteiger partial charge in [-0.3, -0.25) is 4.98 Å². The number of nitrogens with zero attached hydrogens (tertiary/aromatic N) is 2. The van der Waals surface area contributed by atoms with Crippen molar-refractivity contribution in [1.29, 1.82) is 0 Å². The van der Waals surface area contributed by atoms with Gasteiger partial charge in [0.15, 0.2) is 0 Å². The molecule has 0 aliphatic carbocycles. The van der Waals surface area contributed by atoms with E-state index in [0.717, 1.165) is 26.2 Å². The second-order valence-corrected chi connectivity index (χ2v) is 5.32. The largest absolute Gasteiger partial charge is 0.378 e. The molecule has 5 heteroatoms. The lowest BCUT2D eigenvalue weighted by Gasteiger charge is -2.08. The minimum Gasteiger partial charge on any atom is -0.378 e. The third-order valence-electron chi connectivity index (χ3n) is 2.30. The lowest BCUT2D eigenvalue weighted by atomic mass is 10.3. The molecule has 2 heterocycles. The SMILES string of the molecule is Cc1nc(Br)ccc1NCc1ccc(Br)cn1. The molecular weight excluding hydrogens is 346 g/mol. The van der Waals surface area contributed by atoms with Crippen LogP contribution in [-0.2, 0) is 6.54 Å². The minimum atomic E-state index is 0.692. The van der Waals surface area contributed by atoms with Gasteiger partial charge in [-0.15, -0.1) is 0 Å². The van der Waals surface area contributed by atoms with Crippen LogP contribution in [-0.4, -0.2) is 9.97 Å². The topological polar surface area (TPSA) is 37.8 Å². The van der Waals surface area contributed by atoms with Gasteiger partial charge in [-0.05, 0) is 63.0 Å². The molecule has 0 saturated carbocycles. The molecule has 0 radical (unpaired) electrons. The number of anilines is 1. The van der Waals surface area contributed by atoms with Crippen LogP contribution in [0.4, 0.5) is 5.69 Å². The molecule has 0 amide bonds. The Morgan fingerprint density at radius 2 is 2.00 bits per heavy atom. The number of nitrogens with one attached hydrogen (secondary N) is 1. The van der Waals surface area contributed by atoms with Gasteiger partial charge in [-0.1, -0.05) is 0 Å². The Balaban J connectivity index is 2.04. The second-order valence-electron chi connectivity index (χ2n) is 3.59. The van der Waals surface area contributed by atoms with Crippen molar-refractivity contribution in [2.24, 2.45) is 0 Å². The summed E-state index contributed by atoms with van der Waals surface area (Å²) >= 11 is 6.71. The zero-order chi connectivity index (χ0) is 12.3. The first-order valence-corrected chi connectivity index (χ1v) is 6.71. The molecule has 0 aliphatic rings. The normalized spacial score (nSPS) is 10.3. The van der Waals surface area contributed by atoms with Crippen molar-refractivity contribution < 1.29 is 0 Å². The second kappa shape index (κ2) is 5.60. The van der Waals surface area contributed by atoms with Crippen molar-refractivity contribution in [3.05, 3.63) is 50.9 Å². The molecule has 88 valence electrons. The van der Waals surface area contributed by atoms with E-state index in [1.807, 2.05) is 31.2 Å². The monoisotopic (exact) mass is 355 g/mol. The van der Waals surface area contributed by atoms with Crippen molar-refractivity contribution in [2.45, 2.75) is 13.5 Å². The molecule has 0 fully saturated rings. The lowest BCUT2D eigenvalue weighted by molar-refractivity contribution is 1.03. The van der Waals surface area contributed by atoms with Gasteiger partial charge in [0.2, 0.25) is 0 Å². The van der Waals surface area contributed by atoms with Crippen LogP contribution in [0.2, 0.25) is 0 Å². The summed E-state index contributed by atoms with van der Waals surface area (Å²) in [5.41, 5.74) is 2.99. The molecule has 0 atom stereocenters. The van der Waals surface area contributed by atoms with Gasteiger partial charge >= 0.3 is 0 Å². The maximum Gasteiger partial charge on any atom is 0.106 e. The summed E-state index contributed by atoms with van der Waals surface area (Å²) in [4.78, 5) is 8.63. The smallest absolute Gasteiger partial charge is 0.106 e. The van der Waals surface area contributed by atoms with Crippen LogP contribution >= 0.6 is 31.9 Å². The van der Waals surface area contributed by atoms with E-state index < -0.39 is 0 Å². The Hall–Kier alpha value is -0.940. The molecule has 0 spiro atoms. The maximum atomic E-state index is 4.33. The fraction of sp³-hybridized carbons (Fsp3) is 0.167. The van der Waals surface area contributed by atoms with E-state index in [1.54, 1.807) is 6.20 Å². The average Bonchev–Trinajstić information content (AvgIpc) is 2.30. The quantitative estimate of drug-likeness (QED) is 0.847. The molecule has 2 rings (SSSR count). The summed E-state index contributed by atoms with van der Waals surface area (Å²) in [5, 5.41) is 3.31. The molecule has 0 bridgehead atoms. The molecule has 0 saturated heterocycles. The van der Waals surface area contributed by atoms with E-state index in [2.05, 4.69) is 47.1 Å². The zero-order valence-corrected chi connectivity index (χ0v) is 12.4. The molecule has 3 nitrogen and oxygen atoms in total. The van der Waals surface area contributed by atoms with Gasteiger partial charge in [0, 0.05) is 10.7 Å². The first kappa shape index (κ1) is 12.5. The molecular formula is C12H11Br2N3. The highest BCUT2D eigenvalue weighted by molar-refractivity contribution is 9.10. The van der Waals surface area contributed by atoms with Gasteiger partial charge in [-0.2, -0.15) is 0 Å². The van der Waals surface area contributed by atoms with Crippen molar-refractivity contribution in [3.63, 3.8) is 0 Å². The van der Waals surface area contributed by atoms with Gasteiger partial charge in [-0.25, -0.2) is 4.98 Å². The number of pyridine rings is 2. The Labute approximate surface area is 117 Å². The van der Waals surface area contributed by atoms with Gasteiger partial charge in [0.05, 0.1) is 23.6 Å². The van der Waals surface area contributed by atoms with E-state index >= 15 is 0 Å². The summed E-state index contributed by atoms with van der Waals surface area (Å²) in [7, 11) is 0. The van der Waals surface area contributed by atoms with Crippen LogP contribution in [0.25, 0.3) is 0 Å². The summed E-state index contributed by atoms with van der Waals surface area (Å²) in [6, 6.07) is 7.89. The summed E-state index contributed by atoms with van der Waals surface area (Å²) in [6.07, 6.45) is 1.80. The fourth-order valence-electron chi connectivity index (χ4n) is 1.41. The van der Waals surface area contributed by atoms with Crippen molar-refractivity contribution >= 4 is 37.5 Å². The first-order valence-electron chi connectivity index (χ1n) is 5.12. The zero-order valence-electron chi connectivity index (χ0n) is 9.24.